The molecule has 2 nitrogen and oxygen atoms in total. The van der Waals surface area contributed by atoms with Crippen molar-refractivity contribution in [2.75, 3.05) is 0 Å². The van der Waals surface area contributed by atoms with E-state index in [0.29, 0.717) is 9.23 Å². The van der Waals surface area contributed by atoms with Crippen LogP contribution >= 0.6 is 24.0 Å². The molecule has 1 fully saturated rings. The molecule has 1 aliphatic rings. The van der Waals surface area contributed by atoms with E-state index in [1.807, 2.05) is 12.1 Å². The maximum atomic E-state index is 11.8. The SMILES string of the molecule is Cc1cc(C)cc(-c2cc(/C=C3\SC(=S)NC3=O)ccc2C)c1. The van der Waals surface area contributed by atoms with E-state index in [1.54, 1.807) is 0 Å². The van der Waals surface area contributed by atoms with Gasteiger partial charge in [0.05, 0.1) is 4.91 Å². The van der Waals surface area contributed by atoms with Gasteiger partial charge in [-0.3, -0.25) is 4.79 Å². The van der Waals surface area contributed by atoms with Crippen LogP contribution in [0.1, 0.15) is 22.3 Å². The minimum atomic E-state index is -0.117. The molecule has 0 unspecified atom stereocenters. The Labute approximate surface area is 146 Å². The number of nitrogens with one attached hydrogen (secondary N) is 1. The second-order valence-electron chi connectivity index (χ2n) is 5.80. The first-order chi connectivity index (χ1) is 10.9. The van der Waals surface area contributed by atoms with Crippen molar-refractivity contribution in [1.82, 2.24) is 5.32 Å². The molecular formula is C19H17NOS2. The fourth-order valence-electron chi connectivity index (χ4n) is 2.74. The molecule has 1 heterocycles. The predicted molar refractivity (Wildman–Crippen MR) is 102 cm³/mol. The molecule has 2 aromatic rings. The lowest BCUT2D eigenvalue weighted by Crippen LogP contribution is -2.17. The summed E-state index contributed by atoms with van der Waals surface area (Å²) in [5, 5.41) is 2.65. The van der Waals surface area contributed by atoms with Gasteiger partial charge in [0.15, 0.2) is 0 Å². The fourth-order valence-corrected chi connectivity index (χ4v) is 3.79. The molecule has 3 rings (SSSR count). The van der Waals surface area contributed by atoms with E-state index >= 15 is 0 Å². The second-order valence-corrected chi connectivity index (χ2v) is 7.52. The Balaban J connectivity index is 2.04. The summed E-state index contributed by atoms with van der Waals surface area (Å²) in [5.41, 5.74) is 7.12. The number of aryl methyl sites for hydroxylation is 3. The molecule has 0 atom stereocenters. The lowest BCUT2D eigenvalue weighted by Gasteiger charge is -2.10. The van der Waals surface area contributed by atoms with Crippen molar-refractivity contribution < 1.29 is 4.79 Å². The highest BCUT2D eigenvalue weighted by Crippen LogP contribution is 2.30. The molecule has 0 aromatic heterocycles. The fraction of sp³-hybridized carbons (Fsp3) is 0.158. The van der Waals surface area contributed by atoms with Gasteiger partial charge in [-0.2, -0.15) is 0 Å². The summed E-state index contributed by atoms with van der Waals surface area (Å²) in [6, 6.07) is 12.8. The Morgan fingerprint density at radius 2 is 1.74 bits per heavy atom. The Hall–Kier alpha value is -1.91. The normalized spacial score (nSPS) is 16.0. The molecule has 1 saturated heterocycles. The van der Waals surface area contributed by atoms with Crippen molar-refractivity contribution in [2.24, 2.45) is 0 Å². The summed E-state index contributed by atoms with van der Waals surface area (Å²) in [7, 11) is 0. The third-order valence-electron chi connectivity index (χ3n) is 3.73. The Morgan fingerprint density at radius 1 is 1.04 bits per heavy atom. The largest absolute Gasteiger partial charge is 0.307 e. The topological polar surface area (TPSA) is 29.1 Å². The third kappa shape index (κ3) is 3.54. The van der Waals surface area contributed by atoms with Crippen molar-refractivity contribution in [3.8, 4) is 11.1 Å². The smallest absolute Gasteiger partial charge is 0.263 e. The van der Waals surface area contributed by atoms with Gasteiger partial charge in [0.25, 0.3) is 5.91 Å². The zero-order chi connectivity index (χ0) is 16.6. The maximum Gasteiger partial charge on any atom is 0.263 e. The molecule has 1 N–H and O–H groups in total. The van der Waals surface area contributed by atoms with Crippen LogP contribution in [0.15, 0.2) is 41.3 Å². The molecular weight excluding hydrogens is 322 g/mol. The number of carbonyl (C=O) groups excluding carboxylic acids is 1. The molecule has 1 aliphatic heterocycles. The summed E-state index contributed by atoms with van der Waals surface area (Å²) in [5.74, 6) is -0.117. The highest BCUT2D eigenvalue weighted by Gasteiger charge is 2.21. The van der Waals surface area contributed by atoms with Crippen LogP contribution in [0.25, 0.3) is 17.2 Å². The number of hydrogen-bond donors (Lipinski definition) is 1. The minimum Gasteiger partial charge on any atom is -0.307 e. The van der Waals surface area contributed by atoms with Crippen LogP contribution in [0.2, 0.25) is 0 Å². The Bertz CT molecular complexity index is 832. The first-order valence-corrected chi connectivity index (χ1v) is 8.59. The van der Waals surface area contributed by atoms with Gasteiger partial charge in [-0.05, 0) is 55.2 Å². The van der Waals surface area contributed by atoms with E-state index in [-0.39, 0.29) is 5.91 Å². The third-order valence-corrected chi connectivity index (χ3v) is 4.90. The first-order valence-electron chi connectivity index (χ1n) is 7.36. The molecule has 0 radical (unpaired) electrons. The van der Waals surface area contributed by atoms with E-state index in [1.165, 1.54) is 39.6 Å². The van der Waals surface area contributed by atoms with Crippen molar-refractivity contribution in [2.45, 2.75) is 20.8 Å². The molecule has 4 heteroatoms. The summed E-state index contributed by atoms with van der Waals surface area (Å²) in [6.45, 7) is 6.33. The first kappa shape index (κ1) is 16.0. The lowest BCUT2D eigenvalue weighted by molar-refractivity contribution is -0.115. The maximum absolute atomic E-state index is 11.8. The summed E-state index contributed by atoms with van der Waals surface area (Å²) >= 11 is 6.34. The summed E-state index contributed by atoms with van der Waals surface area (Å²) in [6.07, 6.45) is 1.89. The monoisotopic (exact) mass is 339 g/mol. The molecule has 116 valence electrons. The van der Waals surface area contributed by atoms with E-state index < -0.39 is 0 Å². The minimum absolute atomic E-state index is 0.117. The number of rotatable bonds is 2. The summed E-state index contributed by atoms with van der Waals surface area (Å²) < 4.78 is 0.517. The highest BCUT2D eigenvalue weighted by atomic mass is 32.2. The van der Waals surface area contributed by atoms with E-state index in [0.717, 1.165) is 5.56 Å². The molecule has 23 heavy (non-hydrogen) atoms. The average molecular weight is 339 g/mol. The predicted octanol–water partition coefficient (Wildman–Crippen LogP) is 4.77. The van der Waals surface area contributed by atoms with Gasteiger partial charge < -0.3 is 5.32 Å². The van der Waals surface area contributed by atoms with Crippen molar-refractivity contribution >= 4 is 40.3 Å². The molecule has 0 bridgehead atoms. The molecule has 0 saturated carbocycles. The van der Waals surface area contributed by atoms with Gasteiger partial charge in [0.2, 0.25) is 0 Å². The van der Waals surface area contributed by atoms with Crippen LogP contribution in [0.3, 0.4) is 0 Å². The number of carbonyl (C=O) groups is 1. The van der Waals surface area contributed by atoms with Crippen LogP contribution in [-0.2, 0) is 4.79 Å². The number of hydrogen-bond acceptors (Lipinski definition) is 3. The van der Waals surface area contributed by atoms with E-state index in [4.69, 9.17) is 12.2 Å². The Kier molecular flexibility index (Phi) is 4.37. The number of thiocarbonyl (C=S) groups is 1. The molecule has 0 aliphatic carbocycles. The number of amides is 1. The van der Waals surface area contributed by atoms with Crippen molar-refractivity contribution in [1.29, 1.82) is 0 Å². The quantitative estimate of drug-likeness (QED) is 0.631. The standard InChI is InChI=1S/C19H17NOS2/c1-11-6-12(2)8-15(7-11)16-9-14(5-4-13(16)3)10-17-18(21)20-19(22)23-17/h4-10H,1-3H3,(H,20,21,22)/b17-10-. The zero-order valence-electron chi connectivity index (χ0n) is 13.3. The summed E-state index contributed by atoms with van der Waals surface area (Å²) in [4.78, 5) is 12.5. The van der Waals surface area contributed by atoms with E-state index in [2.05, 4.69) is 56.4 Å². The van der Waals surface area contributed by atoms with Gasteiger partial charge in [-0.1, -0.05) is 65.4 Å². The molecule has 0 spiro atoms. The highest BCUT2D eigenvalue weighted by molar-refractivity contribution is 8.26. The number of thioether (sulfide) groups is 1. The van der Waals surface area contributed by atoms with Gasteiger partial charge in [0, 0.05) is 0 Å². The van der Waals surface area contributed by atoms with Crippen LogP contribution in [0, 0.1) is 20.8 Å². The number of benzene rings is 2. The average Bonchev–Trinajstić information content (AvgIpc) is 2.78. The van der Waals surface area contributed by atoms with Crippen LogP contribution in [0.4, 0.5) is 0 Å². The Morgan fingerprint density at radius 3 is 2.35 bits per heavy atom. The second kappa shape index (κ2) is 6.30. The zero-order valence-corrected chi connectivity index (χ0v) is 14.9. The van der Waals surface area contributed by atoms with Crippen LogP contribution in [0.5, 0.6) is 0 Å². The van der Waals surface area contributed by atoms with Crippen molar-refractivity contribution in [3.05, 3.63) is 63.6 Å². The van der Waals surface area contributed by atoms with Crippen LogP contribution in [-0.4, -0.2) is 10.2 Å². The van der Waals surface area contributed by atoms with Gasteiger partial charge >= 0.3 is 0 Å². The molecule has 2 aromatic carbocycles. The molecule has 1 amide bonds. The lowest BCUT2D eigenvalue weighted by atomic mass is 9.95. The van der Waals surface area contributed by atoms with Gasteiger partial charge in [0.1, 0.15) is 4.32 Å². The van der Waals surface area contributed by atoms with Gasteiger partial charge in [-0.25, -0.2) is 0 Å². The van der Waals surface area contributed by atoms with Crippen LogP contribution < -0.4 is 5.32 Å². The van der Waals surface area contributed by atoms with Crippen molar-refractivity contribution in [3.63, 3.8) is 0 Å². The van der Waals surface area contributed by atoms with E-state index in [9.17, 15) is 4.79 Å². The van der Waals surface area contributed by atoms with Gasteiger partial charge in [-0.15, -0.1) is 0 Å².